The molecule has 54 valence electrons. The fourth-order valence-electron chi connectivity index (χ4n) is 0.744. The minimum Gasteiger partial charge on any atom is -0.467 e. The van der Waals surface area contributed by atoms with Gasteiger partial charge in [0.1, 0.15) is 5.76 Å². The lowest BCUT2D eigenvalue weighted by Gasteiger charge is -1.98. The molecule has 0 fully saturated rings. The summed E-state index contributed by atoms with van der Waals surface area (Å²) in [6.07, 6.45) is 3.33. The number of hydrogen-bond acceptors (Lipinski definition) is 2. The van der Waals surface area contributed by atoms with E-state index < -0.39 is 0 Å². The highest BCUT2D eigenvalue weighted by Crippen LogP contribution is 2.13. The number of hydrogen-bond donors (Lipinski definition) is 1. The fraction of sp³-hybridized carbons (Fsp3) is 0.250. The molecule has 0 bridgehead atoms. The molecule has 1 heterocycles. The third-order valence-corrected chi connectivity index (χ3v) is 1.33. The van der Waals surface area contributed by atoms with Gasteiger partial charge in [-0.2, -0.15) is 0 Å². The van der Waals surface area contributed by atoms with Crippen LogP contribution in [0.15, 0.2) is 29.4 Å². The second kappa shape index (κ2) is 2.71. The topological polar surface area (TPSA) is 39.2 Å². The molecule has 0 unspecified atom stereocenters. The van der Waals surface area contributed by atoms with E-state index in [-0.39, 0.29) is 6.04 Å². The van der Waals surface area contributed by atoms with Crippen molar-refractivity contribution in [3.05, 3.63) is 36.3 Å². The Bertz CT molecular complexity index is 227. The normalized spacial score (nSPS) is 13.0. The van der Waals surface area contributed by atoms with Crippen LogP contribution < -0.4 is 5.73 Å². The Labute approximate surface area is 60.3 Å². The third-order valence-electron chi connectivity index (χ3n) is 1.33. The monoisotopic (exact) mass is 137 g/mol. The summed E-state index contributed by atoms with van der Waals surface area (Å²) in [5.41, 5.74) is 6.69. The molecule has 2 nitrogen and oxygen atoms in total. The van der Waals surface area contributed by atoms with Crippen LogP contribution in [0.4, 0.5) is 0 Å². The van der Waals surface area contributed by atoms with Gasteiger partial charge in [0.15, 0.2) is 0 Å². The van der Waals surface area contributed by atoms with Crippen LogP contribution in [0.25, 0.3) is 0 Å². The van der Waals surface area contributed by atoms with Gasteiger partial charge in [-0.15, -0.1) is 6.58 Å². The highest BCUT2D eigenvalue weighted by molar-refractivity contribution is 5.16. The SMILES string of the molecule is C=C[C@@H](N)c1cc(C)co1. The first-order chi connectivity index (χ1) is 4.74. The van der Waals surface area contributed by atoms with Gasteiger partial charge in [-0.25, -0.2) is 0 Å². The molecule has 1 atom stereocenters. The molecular weight excluding hydrogens is 126 g/mol. The molecular formula is C8H11NO. The summed E-state index contributed by atoms with van der Waals surface area (Å²) in [6, 6.07) is 1.74. The Balaban J connectivity index is 2.84. The smallest absolute Gasteiger partial charge is 0.124 e. The molecule has 0 aliphatic carbocycles. The number of rotatable bonds is 2. The van der Waals surface area contributed by atoms with Gasteiger partial charge in [-0.1, -0.05) is 6.08 Å². The molecule has 0 saturated heterocycles. The van der Waals surface area contributed by atoms with E-state index >= 15 is 0 Å². The molecule has 0 aromatic carbocycles. The van der Waals surface area contributed by atoms with Crippen molar-refractivity contribution in [1.82, 2.24) is 0 Å². The van der Waals surface area contributed by atoms with E-state index in [1.807, 2.05) is 13.0 Å². The van der Waals surface area contributed by atoms with Gasteiger partial charge in [-0.05, 0) is 18.6 Å². The van der Waals surface area contributed by atoms with Gasteiger partial charge >= 0.3 is 0 Å². The Morgan fingerprint density at radius 2 is 2.50 bits per heavy atom. The average Bonchev–Trinajstić information content (AvgIpc) is 2.34. The van der Waals surface area contributed by atoms with Gasteiger partial charge in [0.25, 0.3) is 0 Å². The van der Waals surface area contributed by atoms with Crippen molar-refractivity contribution in [1.29, 1.82) is 0 Å². The molecule has 2 heteroatoms. The number of nitrogens with two attached hydrogens (primary N) is 1. The van der Waals surface area contributed by atoms with Gasteiger partial charge in [0.2, 0.25) is 0 Å². The summed E-state index contributed by atoms with van der Waals surface area (Å²) in [4.78, 5) is 0. The summed E-state index contributed by atoms with van der Waals surface area (Å²) in [6.45, 7) is 5.52. The molecule has 2 N–H and O–H groups in total. The third kappa shape index (κ3) is 1.28. The van der Waals surface area contributed by atoms with E-state index in [1.165, 1.54) is 0 Å². The van der Waals surface area contributed by atoms with E-state index in [0.717, 1.165) is 11.3 Å². The molecule has 0 aliphatic rings. The molecule has 0 radical (unpaired) electrons. The quantitative estimate of drug-likeness (QED) is 0.631. The fourth-order valence-corrected chi connectivity index (χ4v) is 0.744. The molecule has 1 aromatic rings. The average molecular weight is 137 g/mol. The minimum absolute atomic E-state index is 0.173. The Hall–Kier alpha value is -1.02. The van der Waals surface area contributed by atoms with Crippen LogP contribution in [-0.4, -0.2) is 0 Å². The van der Waals surface area contributed by atoms with Crippen molar-refractivity contribution >= 4 is 0 Å². The van der Waals surface area contributed by atoms with Crippen LogP contribution in [0.3, 0.4) is 0 Å². The standard InChI is InChI=1S/C8H11NO/c1-3-7(9)8-4-6(2)5-10-8/h3-5,7H,1,9H2,2H3/t7-/m1/s1. The van der Waals surface area contributed by atoms with Gasteiger partial charge in [-0.3, -0.25) is 0 Å². The van der Waals surface area contributed by atoms with Gasteiger partial charge in [0.05, 0.1) is 12.3 Å². The summed E-state index contributed by atoms with van der Waals surface area (Å²) in [7, 11) is 0. The maximum Gasteiger partial charge on any atom is 0.124 e. The lowest BCUT2D eigenvalue weighted by molar-refractivity contribution is 0.493. The van der Waals surface area contributed by atoms with Crippen LogP contribution in [-0.2, 0) is 0 Å². The molecule has 1 rings (SSSR count). The zero-order chi connectivity index (χ0) is 7.56. The lowest BCUT2D eigenvalue weighted by Crippen LogP contribution is -2.04. The van der Waals surface area contributed by atoms with Crippen molar-refractivity contribution in [2.75, 3.05) is 0 Å². The van der Waals surface area contributed by atoms with E-state index in [9.17, 15) is 0 Å². The molecule has 0 aliphatic heterocycles. The number of furan rings is 1. The maximum atomic E-state index is 5.60. The second-order valence-electron chi connectivity index (χ2n) is 2.29. The molecule has 1 aromatic heterocycles. The first-order valence-electron chi connectivity index (χ1n) is 3.17. The lowest BCUT2D eigenvalue weighted by atomic mass is 10.2. The first-order valence-corrected chi connectivity index (χ1v) is 3.17. The van der Waals surface area contributed by atoms with Crippen LogP contribution in [0.2, 0.25) is 0 Å². The van der Waals surface area contributed by atoms with Crippen molar-refractivity contribution in [3.8, 4) is 0 Å². The highest BCUT2D eigenvalue weighted by Gasteiger charge is 2.03. The van der Waals surface area contributed by atoms with Crippen molar-refractivity contribution < 1.29 is 4.42 Å². The molecule has 10 heavy (non-hydrogen) atoms. The van der Waals surface area contributed by atoms with Crippen molar-refractivity contribution in [2.45, 2.75) is 13.0 Å². The predicted octanol–water partition coefficient (Wildman–Crippen LogP) is 1.77. The summed E-state index contributed by atoms with van der Waals surface area (Å²) in [5, 5.41) is 0. The second-order valence-corrected chi connectivity index (χ2v) is 2.29. The minimum atomic E-state index is -0.173. The largest absolute Gasteiger partial charge is 0.467 e. The first kappa shape index (κ1) is 7.09. The van der Waals surface area contributed by atoms with Crippen LogP contribution in [0.1, 0.15) is 17.4 Å². The Morgan fingerprint density at radius 1 is 1.80 bits per heavy atom. The van der Waals surface area contributed by atoms with Crippen LogP contribution in [0, 0.1) is 6.92 Å². The molecule has 0 saturated carbocycles. The van der Waals surface area contributed by atoms with E-state index in [4.69, 9.17) is 10.2 Å². The molecule has 0 amide bonds. The van der Waals surface area contributed by atoms with Crippen LogP contribution >= 0.6 is 0 Å². The zero-order valence-electron chi connectivity index (χ0n) is 6.00. The van der Waals surface area contributed by atoms with Crippen LogP contribution in [0.5, 0.6) is 0 Å². The highest BCUT2D eigenvalue weighted by atomic mass is 16.3. The van der Waals surface area contributed by atoms with Crippen molar-refractivity contribution in [2.24, 2.45) is 5.73 Å². The van der Waals surface area contributed by atoms with Gasteiger partial charge in [0, 0.05) is 0 Å². The van der Waals surface area contributed by atoms with E-state index in [2.05, 4.69) is 6.58 Å². The Kier molecular flexibility index (Phi) is 1.92. The summed E-state index contributed by atoms with van der Waals surface area (Å²) in [5.74, 6) is 0.771. The zero-order valence-corrected chi connectivity index (χ0v) is 6.00. The number of aryl methyl sites for hydroxylation is 1. The summed E-state index contributed by atoms with van der Waals surface area (Å²) >= 11 is 0. The predicted molar refractivity (Wildman–Crippen MR) is 40.6 cm³/mol. The Morgan fingerprint density at radius 3 is 2.90 bits per heavy atom. The van der Waals surface area contributed by atoms with Crippen molar-refractivity contribution in [3.63, 3.8) is 0 Å². The van der Waals surface area contributed by atoms with Gasteiger partial charge < -0.3 is 10.2 Å². The molecule has 0 spiro atoms. The van der Waals surface area contributed by atoms with E-state index in [1.54, 1.807) is 12.3 Å². The summed E-state index contributed by atoms with van der Waals surface area (Å²) < 4.78 is 5.12. The van der Waals surface area contributed by atoms with E-state index in [0.29, 0.717) is 0 Å². The maximum absolute atomic E-state index is 5.60.